The first-order chi connectivity index (χ1) is 17.9. The molecule has 1 saturated heterocycles. The Labute approximate surface area is 222 Å². The molecule has 1 N–H and O–H groups in total. The number of carbonyl (C=O) groups excluding carboxylic acids is 2. The quantitative estimate of drug-likeness (QED) is 0.170. The Balaban J connectivity index is 0.00000235. The van der Waals surface area contributed by atoms with Crippen molar-refractivity contribution < 1.29 is 19.1 Å². The lowest BCUT2D eigenvalue weighted by Crippen LogP contribution is -2.37. The molecule has 2 aromatic rings. The van der Waals surface area contributed by atoms with Gasteiger partial charge in [-0.1, -0.05) is 46.8 Å². The van der Waals surface area contributed by atoms with Crippen molar-refractivity contribution in [1.29, 1.82) is 0 Å². The number of nitrogens with one attached hydrogen (secondary N) is 1. The maximum absolute atomic E-state index is 12.4. The molecule has 1 fully saturated rings. The van der Waals surface area contributed by atoms with Crippen molar-refractivity contribution in [3.8, 4) is 0 Å². The van der Waals surface area contributed by atoms with Crippen LogP contribution in [-0.4, -0.2) is 47.7 Å². The Hall–Kier alpha value is -2.77. The van der Waals surface area contributed by atoms with Crippen LogP contribution in [0.15, 0.2) is 35.9 Å². The zero-order valence-electron chi connectivity index (χ0n) is 23.7. The summed E-state index contributed by atoms with van der Waals surface area (Å²) in [7, 11) is 0. The summed E-state index contributed by atoms with van der Waals surface area (Å²) in [4.78, 5) is 28.6. The molecule has 0 saturated carbocycles. The number of benzene rings is 1. The zero-order valence-corrected chi connectivity index (χ0v) is 23.7. The second-order valence-corrected chi connectivity index (χ2v) is 9.71. The van der Waals surface area contributed by atoms with Crippen LogP contribution in [0.1, 0.15) is 72.7 Å². The summed E-state index contributed by atoms with van der Waals surface area (Å²) in [5.74, 6) is 1.39. The number of fused-ring (bicyclic) bond motifs is 1. The zero-order chi connectivity index (χ0) is 27.4. The van der Waals surface area contributed by atoms with Crippen LogP contribution in [-0.2, 0) is 32.2 Å². The van der Waals surface area contributed by atoms with E-state index in [4.69, 9.17) is 14.5 Å². The number of nitrogens with zero attached hydrogens (tertiary/aromatic N) is 2. The Kier molecular flexibility index (Phi) is 12.7. The van der Waals surface area contributed by atoms with Gasteiger partial charge in [0, 0.05) is 31.2 Å². The van der Waals surface area contributed by atoms with Crippen LogP contribution in [0.4, 0.5) is 0 Å². The van der Waals surface area contributed by atoms with Gasteiger partial charge >= 0.3 is 5.97 Å². The number of rotatable bonds is 12. The van der Waals surface area contributed by atoms with E-state index in [1.165, 1.54) is 0 Å². The first kappa shape index (κ1) is 30.5. The fourth-order valence-corrected chi connectivity index (χ4v) is 4.22. The average Bonchev–Trinajstić information content (AvgIpc) is 3.55. The average molecular weight is 512 g/mol. The van der Waals surface area contributed by atoms with Crippen molar-refractivity contribution in [3.63, 3.8) is 0 Å². The van der Waals surface area contributed by atoms with E-state index in [1.807, 2.05) is 53.7 Å². The van der Waals surface area contributed by atoms with Gasteiger partial charge in [-0.05, 0) is 62.0 Å². The molecular formula is C30H45N3O4. The summed E-state index contributed by atoms with van der Waals surface area (Å²) in [5, 5.41) is 3.34. The molecule has 1 aliphatic heterocycles. The van der Waals surface area contributed by atoms with Gasteiger partial charge < -0.3 is 19.4 Å². The Morgan fingerprint density at radius 3 is 2.68 bits per heavy atom. The Bertz CT molecular complexity index is 1080. The van der Waals surface area contributed by atoms with Gasteiger partial charge in [0.1, 0.15) is 18.2 Å². The molecule has 2 atom stereocenters. The lowest BCUT2D eigenvalue weighted by atomic mass is 10.1. The molecule has 0 spiro atoms. The molecule has 1 aromatic heterocycles. The molecule has 204 valence electrons. The molecule has 37 heavy (non-hydrogen) atoms. The second kappa shape index (κ2) is 15.5. The van der Waals surface area contributed by atoms with Crippen LogP contribution in [0.5, 0.6) is 0 Å². The molecule has 2 heterocycles. The molecule has 3 rings (SSSR count). The number of allylic oxidation sites excluding steroid dienone is 4. The van der Waals surface area contributed by atoms with Gasteiger partial charge in [-0.25, -0.2) is 4.98 Å². The standard InChI is InChI=1S/C28H39N3O4.C2H6/c1-6-23(12-20(5)16-32)27-30-25-13-21(14-29-24(7-2)28(33)35-17-19(3)4)8-9-26(25)31(27)15-22-10-11-34-18-22;1-2/h6,8-9,12-13,16,19,22,24,29H,7,10-11,14-15,17-18H2,1-5H3;1-2H3/b20-12-,23-6+;. The summed E-state index contributed by atoms with van der Waals surface area (Å²) in [6.07, 6.45) is 6.43. The van der Waals surface area contributed by atoms with Gasteiger partial charge in [-0.2, -0.15) is 0 Å². The fourth-order valence-electron chi connectivity index (χ4n) is 4.22. The van der Waals surface area contributed by atoms with Crippen molar-refractivity contribution in [2.24, 2.45) is 11.8 Å². The molecule has 1 aromatic carbocycles. The Morgan fingerprint density at radius 2 is 2.08 bits per heavy atom. The van der Waals surface area contributed by atoms with Crippen LogP contribution < -0.4 is 5.32 Å². The van der Waals surface area contributed by atoms with E-state index in [2.05, 4.69) is 28.1 Å². The van der Waals surface area contributed by atoms with Gasteiger partial charge in [-0.15, -0.1) is 0 Å². The minimum absolute atomic E-state index is 0.206. The highest BCUT2D eigenvalue weighted by atomic mass is 16.5. The summed E-state index contributed by atoms with van der Waals surface area (Å²) in [6.45, 7) is 17.1. The normalized spacial score (nSPS) is 17.0. The SMILES string of the molecule is C/C=C(\C=C(\C)C=O)c1nc2cc(CNC(CC)C(=O)OCC(C)C)ccc2n1CC1CCOC1.CC. The second-order valence-electron chi connectivity index (χ2n) is 9.71. The molecule has 7 heteroatoms. The highest BCUT2D eigenvalue weighted by molar-refractivity contribution is 5.86. The molecular weight excluding hydrogens is 466 g/mol. The summed E-state index contributed by atoms with van der Waals surface area (Å²) in [5.41, 5.74) is 4.57. The van der Waals surface area contributed by atoms with Crippen LogP contribution >= 0.6 is 0 Å². The number of hydrogen-bond donors (Lipinski definition) is 1. The Morgan fingerprint density at radius 1 is 1.32 bits per heavy atom. The molecule has 1 aliphatic rings. The lowest BCUT2D eigenvalue weighted by molar-refractivity contribution is -0.147. The monoisotopic (exact) mass is 511 g/mol. The van der Waals surface area contributed by atoms with Crippen molar-refractivity contribution >= 4 is 28.9 Å². The van der Waals surface area contributed by atoms with Gasteiger partial charge in [-0.3, -0.25) is 9.59 Å². The van der Waals surface area contributed by atoms with Gasteiger partial charge in [0.25, 0.3) is 0 Å². The highest BCUT2D eigenvalue weighted by Crippen LogP contribution is 2.27. The first-order valence-electron chi connectivity index (χ1n) is 13.6. The summed E-state index contributed by atoms with van der Waals surface area (Å²) >= 11 is 0. The van der Waals surface area contributed by atoms with Crippen LogP contribution in [0, 0.1) is 11.8 Å². The fraction of sp³-hybridized carbons (Fsp3) is 0.567. The van der Waals surface area contributed by atoms with E-state index < -0.39 is 0 Å². The van der Waals surface area contributed by atoms with Crippen molar-refractivity contribution in [2.75, 3.05) is 19.8 Å². The lowest BCUT2D eigenvalue weighted by Gasteiger charge is -2.17. The molecule has 2 unspecified atom stereocenters. The van der Waals surface area contributed by atoms with Crippen molar-refractivity contribution in [2.45, 2.75) is 80.4 Å². The van der Waals surface area contributed by atoms with Crippen LogP contribution in [0.3, 0.4) is 0 Å². The van der Waals surface area contributed by atoms with Gasteiger partial charge in [0.2, 0.25) is 0 Å². The van der Waals surface area contributed by atoms with Gasteiger partial charge in [0.05, 0.1) is 24.2 Å². The van der Waals surface area contributed by atoms with E-state index in [0.29, 0.717) is 37.0 Å². The number of hydrogen-bond acceptors (Lipinski definition) is 6. The third kappa shape index (κ3) is 8.64. The third-order valence-corrected chi connectivity index (χ3v) is 6.22. The van der Waals surface area contributed by atoms with Crippen LogP contribution in [0.2, 0.25) is 0 Å². The maximum Gasteiger partial charge on any atom is 0.323 e. The van der Waals surface area contributed by atoms with E-state index in [0.717, 1.165) is 60.5 Å². The number of imidazole rings is 1. The number of aromatic nitrogens is 2. The smallest absolute Gasteiger partial charge is 0.323 e. The number of ether oxygens (including phenoxy) is 2. The van der Waals surface area contributed by atoms with Crippen molar-refractivity contribution in [1.82, 2.24) is 14.9 Å². The topological polar surface area (TPSA) is 82.5 Å². The predicted molar refractivity (Wildman–Crippen MR) is 150 cm³/mol. The molecule has 7 nitrogen and oxygen atoms in total. The highest BCUT2D eigenvalue weighted by Gasteiger charge is 2.22. The minimum Gasteiger partial charge on any atom is -0.464 e. The molecule has 0 radical (unpaired) electrons. The summed E-state index contributed by atoms with van der Waals surface area (Å²) in [6, 6.07) is 5.91. The predicted octanol–water partition coefficient (Wildman–Crippen LogP) is 5.71. The number of aldehydes is 1. The molecule has 0 bridgehead atoms. The van der Waals surface area contributed by atoms with Crippen LogP contribution in [0.25, 0.3) is 16.6 Å². The summed E-state index contributed by atoms with van der Waals surface area (Å²) < 4.78 is 13.3. The van der Waals surface area contributed by atoms with Gasteiger partial charge in [0.15, 0.2) is 0 Å². The number of esters is 1. The van der Waals surface area contributed by atoms with E-state index in [-0.39, 0.29) is 12.0 Å². The first-order valence-corrected chi connectivity index (χ1v) is 13.6. The minimum atomic E-state index is -0.342. The number of carbonyl (C=O) groups is 2. The van der Waals surface area contributed by atoms with E-state index in [1.54, 1.807) is 6.92 Å². The van der Waals surface area contributed by atoms with Crippen molar-refractivity contribution in [3.05, 3.63) is 47.3 Å². The molecule has 0 aliphatic carbocycles. The third-order valence-electron chi connectivity index (χ3n) is 6.22. The largest absolute Gasteiger partial charge is 0.464 e. The maximum atomic E-state index is 12.4. The molecule has 0 amide bonds. The van der Waals surface area contributed by atoms with E-state index >= 15 is 0 Å². The van der Waals surface area contributed by atoms with E-state index in [9.17, 15) is 9.59 Å².